The van der Waals surface area contributed by atoms with Crippen molar-refractivity contribution in [2.75, 3.05) is 13.6 Å². The third-order valence-electron chi connectivity index (χ3n) is 2.59. The van der Waals surface area contributed by atoms with E-state index in [1.165, 1.54) is 5.56 Å². The second kappa shape index (κ2) is 7.12. The van der Waals surface area contributed by atoms with Crippen molar-refractivity contribution in [2.45, 2.75) is 32.7 Å². The van der Waals surface area contributed by atoms with Crippen molar-refractivity contribution in [3.63, 3.8) is 0 Å². The van der Waals surface area contributed by atoms with Crippen LogP contribution >= 0.6 is 0 Å². The zero-order valence-electron chi connectivity index (χ0n) is 10.1. The van der Waals surface area contributed by atoms with E-state index in [1.807, 2.05) is 31.5 Å². The maximum atomic E-state index is 11.1. The van der Waals surface area contributed by atoms with Gasteiger partial charge in [-0.15, -0.1) is 0 Å². The van der Waals surface area contributed by atoms with Gasteiger partial charge in [0.2, 0.25) is 0 Å². The summed E-state index contributed by atoms with van der Waals surface area (Å²) in [5.41, 5.74) is 1.26. The fourth-order valence-electron chi connectivity index (χ4n) is 1.60. The average Bonchev–Trinajstić information content (AvgIpc) is 2.30. The van der Waals surface area contributed by atoms with E-state index in [-0.39, 0.29) is 0 Å². The van der Waals surface area contributed by atoms with E-state index in [0.717, 1.165) is 19.5 Å². The predicted octanol–water partition coefficient (Wildman–Crippen LogP) is 2.27. The molecule has 0 radical (unpaired) electrons. The second-order valence-corrected chi connectivity index (χ2v) is 4.09. The van der Waals surface area contributed by atoms with Crippen molar-refractivity contribution >= 4 is 5.78 Å². The van der Waals surface area contributed by atoms with Gasteiger partial charge in [0.1, 0.15) is 5.78 Å². The van der Waals surface area contributed by atoms with E-state index < -0.39 is 0 Å². The van der Waals surface area contributed by atoms with Gasteiger partial charge in [-0.1, -0.05) is 6.92 Å². The van der Waals surface area contributed by atoms with Crippen LogP contribution in [0.4, 0.5) is 0 Å². The van der Waals surface area contributed by atoms with Crippen molar-refractivity contribution in [2.24, 2.45) is 0 Å². The van der Waals surface area contributed by atoms with Gasteiger partial charge >= 0.3 is 0 Å². The van der Waals surface area contributed by atoms with E-state index in [9.17, 15) is 4.79 Å². The van der Waals surface area contributed by atoms with Crippen LogP contribution in [0.2, 0.25) is 0 Å². The molecule has 0 aromatic carbocycles. The maximum absolute atomic E-state index is 11.1. The normalized spacial score (nSPS) is 10.7. The first-order chi connectivity index (χ1) is 7.72. The summed E-state index contributed by atoms with van der Waals surface area (Å²) in [6, 6.07) is 4.04. The topological polar surface area (TPSA) is 33.2 Å². The van der Waals surface area contributed by atoms with Gasteiger partial charge in [-0.2, -0.15) is 0 Å². The van der Waals surface area contributed by atoms with Crippen LogP contribution in [-0.4, -0.2) is 29.3 Å². The van der Waals surface area contributed by atoms with Crippen LogP contribution in [0.5, 0.6) is 0 Å². The highest BCUT2D eigenvalue weighted by Gasteiger charge is 2.02. The lowest BCUT2D eigenvalue weighted by atomic mass is 10.2. The molecule has 0 aliphatic heterocycles. The molecule has 0 unspecified atom stereocenters. The molecule has 1 rings (SSSR count). The van der Waals surface area contributed by atoms with E-state index >= 15 is 0 Å². The molecule has 1 aromatic rings. The van der Waals surface area contributed by atoms with Crippen LogP contribution in [0.1, 0.15) is 31.7 Å². The van der Waals surface area contributed by atoms with Gasteiger partial charge in [0.15, 0.2) is 0 Å². The molecule has 1 heterocycles. The lowest BCUT2D eigenvalue weighted by molar-refractivity contribution is -0.118. The minimum atomic E-state index is 0.359. The summed E-state index contributed by atoms with van der Waals surface area (Å²) in [7, 11) is 2.08. The fraction of sp³-hybridized carbons (Fsp3) is 0.538. The highest BCUT2D eigenvalue weighted by Crippen LogP contribution is 2.03. The maximum Gasteiger partial charge on any atom is 0.132 e. The second-order valence-electron chi connectivity index (χ2n) is 4.09. The minimum absolute atomic E-state index is 0.359. The third-order valence-corrected chi connectivity index (χ3v) is 2.59. The Morgan fingerprint density at radius 2 is 2.06 bits per heavy atom. The molecular formula is C13H20N2O. The van der Waals surface area contributed by atoms with Crippen LogP contribution < -0.4 is 0 Å². The highest BCUT2D eigenvalue weighted by atomic mass is 16.1. The van der Waals surface area contributed by atoms with Crippen LogP contribution in [0.3, 0.4) is 0 Å². The Kier molecular flexibility index (Phi) is 5.72. The third kappa shape index (κ3) is 5.03. The van der Waals surface area contributed by atoms with Crippen molar-refractivity contribution in [1.82, 2.24) is 9.88 Å². The first-order valence-electron chi connectivity index (χ1n) is 5.81. The van der Waals surface area contributed by atoms with Gasteiger partial charge in [0, 0.05) is 31.8 Å². The Hall–Kier alpha value is -1.22. The molecule has 0 spiro atoms. The van der Waals surface area contributed by atoms with E-state index in [4.69, 9.17) is 0 Å². The largest absolute Gasteiger partial charge is 0.302 e. The fourth-order valence-corrected chi connectivity index (χ4v) is 1.60. The molecule has 3 heteroatoms. The summed E-state index contributed by atoms with van der Waals surface area (Å²) in [5, 5.41) is 0. The summed E-state index contributed by atoms with van der Waals surface area (Å²) in [6.07, 6.45) is 5.94. The molecule has 0 aliphatic rings. The minimum Gasteiger partial charge on any atom is -0.302 e. The molecule has 0 fully saturated rings. The Balaban J connectivity index is 2.21. The molecule has 16 heavy (non-hydrogen) atoms. The quantitative estimate of drug-likeness (QED) is 0.706. The molecule has 0 saturated carbocycles. The van der Waals surface area contributed by atoms with Gasteiger partial charge < -0.3 is 4.90 Å². The zero-order chi connectivity index (χ0) is 11.8. The summed E-state index contributed by atoms with van der Waals surface area (Å²) in [5.74, 6) is 0.359. The SMILES string of the molecule is CCC(=O)CCCN(C)Cc1ccncc1. The number of pyridine rings is 1. The number of carbonyl (C=O) groups is 1. The molecule has 1 aromatic heterocycles. The summed E-state index contributed by atoms with van der Waals surface area (Å²) < 4.78 is 0. The van der Waals surface area contributed by atoms with Crippen molar-refractivity contribution < 1.29 is 4.79 Å². The number of ketones is 1. The molecule has 0 amide bonds. The number of hydrogen-bond acceptors (Lipinski definition) is 3. The van der Waals surface area contributed by atoms with E-state index in [1.54, 1.807) is 0 Å². The van der Waals surface area contributed by atoms with Crippen molar-refractivity contribution in [1.29, 1.82) is 0 Å². The van der Waals surface area contributed by atoms with Gasteiger partial charge in [-0.25, -0.2) is 0 Å². The number of hydrogen-bond donors (Lipinski definition) is 0. The van der Waals surface area contributed by atoms with Crippen LogP contribution in [0.15, 0.2) is 24.5 Å². The summed E-state index contributed by atoms with van der Waals surface area (Å²) in [6.45, 7) is 3.81. The molecule has 0 atom stereocenters. The van der Waals surface area contributed by atoms with Crippen molar-refractivity contribution in [3.8, 4) is 0 Å². The van der Waals surface area contributed by atoms with Crippen LogP contribution in [-0.2, 0) is 11.3 Å². The van der Waals surface area contributed by atoms with Gasteiger partial charge in [-0.05, 0) is 37.7 Å². The van der Waals surface area contributed by atoms with Crippen molar-refractivity contribution in [3.05, 3.63) is 30.1 Å². The Morgan fingerprint density at radius 3 is 2.69 bits per heavy atom. The number of nitrogens with zero attached hydrogens (tertiary/aromatic N) is 2. The lowest BCUT2D eigenvalue weighted by Crippen LogP contribution is -2.19. The van der Waals surface area contributed by atoms with E-state index in [0.29, 0.717) is 18.6 Å². The van der Waals surface area contributed by atoms with Gasteiger partial charge in [-0.3, -0.25) is 9.78 Å². The Bertz CT molecular complexity index is 311. The molecule has 0 aliphatic carbocycles. The number of aromatic nitrogens is 1. The zero-order valence-corrected chi connectivity index (χ0v) is 10.1. The highest BCUT2D eigenvalue weighted by molar-refractivity contribution is 5.77. The molecule has 0 N–H and O–H groups in total. The Labute approximate surface area is 97.5 Å². The number of rotatable bonds is 7. The van der Waals surface area contributed by atoms with Gasteiger partial charge in [0.25, 0.3) is 0 Å². The molecule has 88 valence electrons. The lowest BCUT2D eigenvalue weighted by Gasteiger charge is -2.15. The predicted molar refractivity (Wildman–Crippen MR) is 65.1 cm³/mol. The standard InChI is InChI=1S/C13H20N2O/c1-3-13(16)5-4-10-15(2)11-12-6-8-14-9-7-12/h6-9H,3-5,10-11H2,1-2H3. The number of Topliss-reactive ketones (excluding diaryl/α,β-unsaturated/α-hetero) is 1. The van der Waals surface area contributed by atoms with Gasteiger partial charge in [0.05, 0.1) is 0 Å². The summed E-state index contributed by atoms with van der Waals surface area (Å²) >= 11 is 0. The van der Waals surface area contributed by atoms with Crippen LogP contribution in [0, 0.1) is 0 Å². The molecule has 0 bridgehead atoms. The van der Waals surface area contributed by atoms with E-state index in [2.05, 4.69) is 16.9 Å². The van der Waals surface area contributed by atoms with Crippen LogP contribution in [0.25, 0.3) is 0 Å². The molecule has 3 nitrogen and oxygen atoms in total. The summed E-state index contributed by atoms with van der Waals surface area (Å²) in [4.78, 5) is 17.3. The Morgan fingerprint density at radius 1 is 1.38 bits per heavy atom. The first-order valence-corrected chi connectivity index (χ1v) is 5.81. The monoisotopic (exact) mass is 220 g/mol. The average molecular weight is 220 g/mol. The smallest absolute Gasteiger partial charge is 0.132 e. The molecule has 0 saturated heterocycles. The number of carbonyl (C=O) groups excluding carboxylic acids is 1. The first kappa shape index (κ1) is 12.8. The molecular weight excluding hydrogens is 200 g/mol.